The van der Waals surface area contributed by atoms with Crippen molar-refractivity contribution in [1.82, 2.24) is 9.38 Å². The summed E-state index contributed by atoms with van der Waals surface area (Å²) in [6.07, 6.45) is 3.17. The largest absolute Gasteiger partial charge is 0.462 e. The van der Waals surface area contributed by atoms with Crippen LogP contribution in [-0.2, 0) is 4.74 Å². The van der Waals surface area contributed by atoms with Crippen LogP contribution in [0, 0.1) is 14.8 Å². The molecule has 9 heteroatoms. The second kappa shape index (κ2) is 8.56. The average Bonchev–Trinajstić information content (AvgIpc) is 3.17. The number of nitro benzene ring substituents is 1. The van der Waals surface area contributed by atoms with Crippen molar-refractivity contribution < 1.29 is 14.5 Å². The lowest BCUT2D eigenvalue weighted by Gasteiger charge is -2.04. The molecule has 0 aliphatic carbocycles. The van der Waals surface area contributed by atoms with Crippen molar-refractivity contribution in [3.8, 4) is 11.1 Å². The Balaban J connectivity index is 2.02. The SMILES string of the molecule is CCOC(=O)c1c(-c2ccccc2)cn2c(=S)c(=Cc3cccc([N+](=O)[O-])c3)c(=O)[nH]c12. The molecule has 160 valence electrons. The lowest BCUT2D eigenvalue weighted by atomic mass is 10.0. The molecule has 0 bridgehead atoms. The molecule has 0 saturated heterocycles. The fourth-order valence-electron chi connectivity index (χ4n) is 3.46. The Morgan fingerprint density at radius 3 is 2.66 bits per heavy atom. The lowest BCUT2D eigenvalue weighted by molar-refractivity contribution is -0.384. The van der Waals surface area contributed by atoms with Gasteiger partial charge in [-0.1, -0.05) is 54.7 Å². The highest BCUT2D eigenvalue weighted by Crippen LogP contribution is 2.28. The van der Waals surface area contributed by atoms with E-state index in [4.69, 9.17) is 17.0 Å². The number of ether oxygens (including phenoxy) is 1. The van der Waals surface area contributed by atoms with Gasteiger partial charge in [0.05, 0.1) is 16.7 Å². The summed E-state index contributed by atoms with van der Waals surface area (Å²) >= 11 is 5.56. The molecule has 0 fully saturated rings. The molecule has 8 nitrogen and oxygen atoms in total. The molecule has 0 spiro atoms. The molecule has 4 rings (SSSR count). The van der Waals surface area contributed by atoms with E-state index in [9.17, 15) is 19.7 Å². The number of carbonyl (C=O) groups excluding carboxylic acids is 1. The number of non-ortho nitro benzene ring substituents is 1. The molecule has 2 aromatic carbocycles. The maximum absolute atomic E-state index is 12.9. The molecule has 2 heterocycles. The van der Waals surface area contributed by atoms with Gasteiger partial charge in [-0.2, -0.15) is 0 Å². The van der Waals surface area contributed by atoms with Crippen LogP contribution in [0.1, 0.15) is 22.8 Å². The minimum absolute atomic E-state index is 0.0981. The summed E-state index contributed by atoms with van der Waals surface area (Å²) in [5.41, 5.74) is 1.61. The number of aromatic amines is 1. The second-order valence-electron chi connectivity index (χ2n) is 6.89. The van der Waals surface area contributed by atoms with Crippen LogP contribution < -0.4 is 10.8 Å². The third-order valence-electron chi connectivity index (χ3n) is 4.89. The molecule has 32 heavy (non-hydrogen) atoms. The normalized spacial score (nSPS) is 11.6. The van der Waals surface area contributed by atoms with Gasteiger partial charge in [-0.15, -0.1) is 0 Å². The Hall–Kier alpha value is -4.11. The molecule has 0 aliphatic rings. The number of fused-ring (bicyclic) bond motifs is 1. The molecule has 0 amide bonds. The van der Waals surface area contributed by atoms with Gasteiger partial charge in [-0.25, -0.2) is 4.79 Å². The Morgan fingerprint density at radius 1 is 1.22 bits per heavy atom. The van der Waals surface area contributed by atoms with E-state index in [1.54, 1.807) is 23.6 Å². The van der Waals surface area contributed by atoms with Crippen molar-refractivity contribution in [1.29, 1.82) is 0 Å². The predicted molar refractivity (Wildman–Crippen MR) is 122 cm³/mol. The molecule has 4 aromatic rings. The Bertz CT molecular complexity index is 1520. The molecule has 0 saturated carbocycles. The molecule has 1 N–H and O–H groups in total. The summed E-state index contributed by atoms with van der Waals surface area (Å²) in [5, 5.41) is 11.2. The highest BCUT2D eigenvalue weighted by atomic mass is 32.1. The number of carbonyl (C=O) groups is 1. The maximum Gasteiger partial charge on any atom is 0.342 e. The summed E-state index contributed by atoms with van der Waals surface area (Å²) in [5.74, 6) is -0.575. The first-order valence-electron chi connectivity index (χ1n) is 9.70. The topological polar surface area (TPSA) is 107 Å². The van der Waals surface area contributed by atoms with Gasteiger partial charge < -0.3 is 9.72 Å². The number of rotatable bonds is 5. The van der Waals surface area contributed by atoms with Crippen molar-refractivity contribution in [2.45, 2.75) is 6.92 Å². The molecule has 0 atom stereocenters. The summed E-state index contributed by atoms with van der Waals surface area (Å²) in [6, 6.07) is 15.1. The summed E-state index contributed by atoms with van der Waals surface area (Å²) < 4.78 is 6.94. The van der Waals surface area contributed by atoms with Crippen LogP contribution in [-0.4, -0.2) is 26.9 Å². The van der Waals surface area contributed by atoms with Crippen LogP contribution in [0.25, 0.3) is 22.9 Å². The number of esters is 1. The van der Waals surface area contributed by atoms with Crippen molar-refractivity contribution in [2.75, 3.05) is 6.61 Å². The molecule has 0 unspecified atom stereocenters. The average molecular weight is 447 g/mol. The first-order valence-corrected chi connectivity index (χ1v) is 10.1. The number of H-pyrrole nitrogens is 1. The second-order valence-corrected chi connectivity index (χ2v) is 7.28. The fourth-order valence-corrected chi connectivity index (χ4v) is 3.76. The highest BCUT2D eigenvalue weighted by Gasteiger charge is 2.22. The number of aromatic nitrogens is 2. The third kappa shape index (κ3) is 3.81. The molecule has 0 radical (unpaired) electrons. The number of nitro groups is 1. The third-order valence-corrected chi connectivity index (χ3v) is 5.30. The smallest absolute Gasteiger partial charge is 0.342 e. The van der Waals surface area contributed by atoms with Gasteiger partial charge in [0.1, 0.15) is 15.9 Å². The molecule has 0 aliphatic heterocycles. The zero-order valence-corrected chi connectivity index (χ0v) is 17.7. The minimum atomic E-state index is -0.575. The van der Waals surface area contributed by atoms with Gasteiger partial charge in [-0.05, 0) is 24.1 Å². The molecule has 2 aromatic heterocycles. The zero-order valence-electron chi connectivity index (χ0n) is 16.9. The number of hydrogen-bond donors (Lipinski definition) is 1. The van der Waals surface area contributed by atoms with Gasteiger partial charge >= 0.3 is 5.97 Å². The monoisotopic (exact) mass is 447 g/mol. The van der Waals surface area contributed by atoms with Crippen molar-refractivity contribution >= 4 is 35.6 Å². The first kappa shape index (κ1) is 21.1. The van der Waals surface area contributed by atoms with Crippen LogP contribution in [0.4, 0.5) is 5.69 Å². The van der Waals surface area contributed by atoms with Gasteiger partial charge in [0.15, 0.2) is 0 Å². The van der Waals surface area contributed by atoms with Crippen LogP contribution in [0.2, 0.25) is 0 Å². The van der Waals surface area contributed by atoms with E-state index in [1.165, 1.54) is 24.3 Å². The van der Waals surface area contributed by atoms with Crippen LogP contribution >= 0.6 is 12.2 Å². The minimum Gasteiger partial charge on any atom is -0.462 e. The maximum atomic E-state index is 12.9. The molecular formula is C23H17N3O5S. The first-order chi connectivity index (χ1) is 15.4. The number of benzene rings is 2. The Morgan fingerprint density at radius 2 is 1.97 bits per heavy atom. The Labute approximate surface area is 186 Å². The van der Waals surface area contributed by atoms with Gasteiger partial charge in [0.25, 0.3) is 11.2 Å². The van der Waals surface area contributed by atoms with E-state index in [0.29, 0.717) is 11.1 Å². The van der Waals surface area contributed by atoms with Gasteiger partial charge in [0, 0.05) is 23.9 Å². The van der Waals surface area contributed by atoms with E-state index in [0.717, 1.165) is 5.56 Å². The summed E-state index contributed by atoms with van der Waals surface area (Å²) in [4.78, 5) is 38.9. The highest BCUT2D eigenvalue weighted by molar-refractivity contribution is 7.71. The van der Waals surface area contributed by atoms with Gasteiger partial charge in [0.2, 0.25) is 0 Å². The standard InChI is InChI=1S/C23H17N3O5S/c1-2-31-23(28)19-18(15-8-4-3-5-9-15)13-25-20(19)24-21(27)17(22(25)32)12-14-7-6-10-16(11-14)26(29)30/h3-13H,2H2,1H3,(H,24,27). The van der Waals surface area contributed by atoms with Gasteiger partial charge in [-0.3, -0.25) is 19.3 Å². The van der Waals surface area contributed by atoms with Crippen molar-refractivity contribution in [3.63, 3.8) is 0 Å². The van der Waals surface area contributed by atoms with Crippen LogP contribution in [0.3, 0.4) is 0 Å². The van der Waals surface area contributed by atoms with Crippen LogP contribution in [0.5, 0.6) is 0 Å². The van der Waals surface area contributed by atoms with E-state index in [1.807, 2.05) is 30.3 Å². The predicted octanol–water partition coefficient (Wildman–Crippen LogP) is 3.66. The zero-order chi connectivity index (χ0) is 22.8. The number of nitrogens with one attached hydrogen (secondary N) is 1. The quantitative estimate of drug-likeness (QED) is 0.217. The molecular weight excluding hydrogens is 430 g/mol. The Kier molecular flexibility index (Phi) is 5.65. The van der Waals surface area contributed by atoms with Crippen LogP contribution in [0.15, 0.2) is 65.6 Å². The number of nitrogens with zero attached hydrogens (tertiary/aromatic N) is 2. The van der Waals surface area contributed by atoms with Crippen molar-refractivity contribution in [3.05, 3.63) is 102 Å². The van der Waals surface area contributed by atoms with E-state index in [2.05, 4.69) is 4.98 Å². The summed E-state index contributed by atoms with van der Waals surface area (Å²) in [7, 11) is 0. The van der Waals surface area contributed by atoms with E-state index in [-0.39, 0.29) is 33.4 Å². The van der Waals surface area contributed by atoms with Crippen molar-refractivity contribution in [2.24, 2.45) is 0 Å². The van der Waals surface area contributed by atoms with E-state index < -0.39 is 16.5 Å². The summed E-state index contributed by atoms with van der Waals surface area (Å²) in [6.45, 7) is 1.87. The van der Waals surface area contributed by atoms with E-state index >= 15 is 0 Å². The fraction of sp³-hybridized carbons (Fsp3) is 0.0870. The number of hydrogen-bond acceptors (Lipinski definition) is 6. The lowest BCUT2D eigenvalue weighted by Crippen LogP contribution is -2.30.